The zero-order valence-electron chi connectivity index (χ0n) is 13.6. The Morgan fingerprint density at radius 2 is 1.88 bits per heavy atom. The quantitative estimate of drug-likeness (QED) is 0.780. The number of ether oxygens (including phenoxy) is 1. The highest BCUT2D eigenvalue weighted by molar-refractivity contribution is 6.53. The molecule has 1 aliphatic rings. The third kappa shape index (κ3) is 5.56. The molecule has 1 saturated heterocycles. The van der Waals surface area contributed by atoms with Gasteiger partial charge in [-0.3, -0.25) is 9.59 Å². The maximum atomic E-state index is 12.1. The summed E-state index contributed by atoms with van der Waals surface area (Å²) in [5.74, 6) is 0.518. The molecule has 1 N–H and O–H groups in total. The summed E-state index contributed by atoms with van der Waals surface area (Å²) in [4.78, 5) is 24.5. The van der Waals surface area contributed by atoms with Crippen LogP contribution in [0.5, 0.6) is 5.75 Å². The molecule has 7 heteroatoms. The summed E-state index contributed by atoms with van der Waals surface area (Å²) in [6, 6.07) is 7.60. The highest BCUT2D eigenvalue weighted by atomic mass is 35.5. The molecule has 1 aromatic rings. The SMILES string of the molecule is CCOc1ccc(CC(=O)NC2CCN(C(=O)C(Cl)Cl)CC2)cc1. The number of hydrogen-bond acceptors (Lipinski definition) is 3. The van der Waals surface area contributed by atoms with Crippen molar-refractivity contribution in [1.29, 1.82) is 0 Å². The molecule has 5 nitrogen and oxygen atoms in total. The molecule has 0 aromatic heterocycles. The van der Waals surface area contributed by atoms with E-state index in [1.54, 1.807) is 4.90 Å². The maximum Gasteiger partial charge on any atom is 0.255 e. The first-order chi connectivity index (χ1) is 11.5. The van der Waals surface area contributed by atoms with Crippen LogP contribution in [0, 0.1) is 0 Å². The average molecular weight is 373 g/mol. The van der Waals surface area contributed by atoms with Crippen molar-refractivity contribution in [2.24, 2.45) is 0 Å². The van der Waals surface area contributed by atoms with E-state index in [1.807, 2.05) is 31.2 Å². The van der Waals surface area contributed by atoms with Crippen LogP contribution in [0.25, 0.3) is 0 Å². The maximum absolute atomic E-state index is 12.1. The topological polar surface area (TPSA) is 58.6 Å². The number of hydrogen-bond donors (Lipinski definition) is 1. The molecule has 1 heterocycles. The molecule has 0 atom stereocenters. The first kappa shape index (κ1) is 18.9. The minimum absolute atomic E-state index is 0.0171. The lowest BCUT2D eigenvalue weighted by Gasteiger charge is -2.32. The van der Waals surface area contributed by atoms with Crippen LogP contribution in [0.3, 0.4) is 0 Å². The molecule has 0 bridgehead atoms. The van der Waals surface area contributed by atoms with Gasteiger partial charge >= 0.3 is 0 Å². The molecule has 0 aliphatic carbocycles. The van der Waals surface area contributed by atoms with Crippen molar-refractivity contribution < 1.29 is 14.3 Å². The Labute approximate surface area is 152 Å². The van der Waals surface area contributed by atoms with Gasteiger partial charge in [-0.2, -0.15) is 0 Å². The second-order valence-electron chi connectivity index (χ2n) is 5.72. The first-order valence-electron chi connectivity index (χ1n) is 8.07. The van der Waals surface area contributed by atoms with Crippen LogP contribution in [0.1, 0.15) is 25.3 Å². The number of likely N-dealkylation sites (tertiary alicyclic amines) is 1. The monoisotopic (exact) mass is 372 g/mol. The minimum atomic E-state index is -1.02. The summed E-state index contributed by atoms with van der Waals surface area (Å²) in [6.07, 6.45) is 1.75. The van der Waals surface area contributed by atoms with Gasteiger partial charge < -0.3 is 15.0 Å². The van der Waals surface area contributed by atoms with E-state index in [2.05, 4.69) is 5.32 Å². The Bertz CT molecular complexity index is 555. The fourth-order valence-corrected chi connectivity index (χ4v) is 2.99. The molecule has 132 valence electrons. The Kier molecular flexibility index (Phi) is 7.18. The third-order valence-electron chi connectivity index (χ3n) is 3.96. The van der Waals surface area contributed by atoms with Crippen LogP contribution in [0.2, 0.25) is 0 Å². The van der Waals surface area contributed by atoms with Crippen LogP contribution in [0.15, 0.2) is 24.3 Å². The molecular formula is C17H22Cl2N2O3. The van der Waals surface area contributed by atoms with Gasteiger partial charge in [0.1, 0.15) is 5.75 Å². The molecular weight excluding hydrogens is 351 g/mol. The fraction of sp³-hybridized carbons (Fsp3) is 0.529. The second-order valence-corrected chi connectivity index (χ2v) is 6.82. The number of carbonyl (C=O) groups excluding carboxylic acids is 2. The first-order valence-corrected chi connectivity index (χ1v) is 8.95. The van der Waals surface area contributed by atoms with Gasteiger partial charge in [-0.05, 0) is 37.5 Å². The van der Waals surface area contributed by atoms with Crippen LogP contribution < -0.4 is 10.1 Å². The number of carbonyl (C=O) groups is 2. The van der Waals surface area contributed by atoms with Crippen molar-refractivity contribution in [3.05, 3.63) is 29.8 Å². The molecule has 0 spiro atoms. The van der Waals surface area contributed by atoms with Crippen molar-refractivity contribution in [3.8, 4) is 5.75 Å². The number of halogens is 2. The van der Waals surface area contributed by atoms with Crippen LogP contribution >= 0.6 is 23.2 Å². The summed E-state index contributed by atoms with van der Waals surface area (Å²) in [6.45, 7) is 3.67. The third-order valence-corrected chi connectivity index (χ3v) is 4.33. The lowest BCUT2D eigenvalue weighted by atomic mass is 10.0. The van der Waals surface area contributed by atoms with E-state index in [4.69, 9.17) is 27.9 Å². The molecule has 1 aromatic carbocycles. The highest BCUT2D eigenvalue weighted by Gasteiger charge is 2.26. The Morgan fingerprint density at radius 3 is 2.42 bits per heavy atom. The van der Waals surface area contributed by atoms with Gasteiger partial charge in [-0.1, -0.05) is 35.3 Å². The van der Waals surface area contributed by atoms with Crippen molar-refractivity contribution in [3.63, 3.8) is 0 Å². The van der Waals surface area contributed by atoms with Crippen molar-refractivity contribution in [2.75, 3.05) is 19.7 Å². The molecule has 0 saturated carbocycles. The Balaban J connectivity index is 1.76. The van der Waals surface area contributed by atoms with E-state index in [0.717, 1.165) is 11.3 Å². The summed E-state index contributed by atoms with van der Waals surface area (Å²) in [5, 5.41) is 3.02. The van der Waals surface area contributed by atoms with Gasteiger partial charge in [-0.15, -0.1) is 0 Å². The van der Waals surface area contributed by atoms with E-state index in [9.17, 15) is 9.59 Å². The van der Waals surface area contributed by atoms with Crippen LogP contribution in [-0.4, -0.2) is 47.3 Å². The molecule has 0 unspecified atom stereocenters. The number of alkyl halides is 2. The highest BCUT2D eigenvalue weighted by Crippen LogP contribution is 2.16. The normalized spacial score (nSPS) is 15.4. The Morgan fingerprint density at radius 1 is 1.25 bits per heavy atom. The number of benzene rings is 1. The van der Waals surface area contributed by atoms with Crippen LogP contribution in [-0.2, 0) is 16.0 Å². The van der Waals surface area contributed by atoms with Crippen molar-refractivity contribution in [2.45, 2.75) is 37.1 Å². The average Bonchev–Trinajstić information content (AvgIpc) is 2.57. The van der Waals surface area contributed by atoms with Gasteiger partial charge in [0.05, 0.1) is 13.0 Å². The number of nitrogens with zero attached hydrogens (tertiary/aromatic N) is 1. The van der Waals surface area contributed by atoms with E-state index in [1.165, 1.54) is 0 Å². The molecule has 1 aliphatic heterocycles. The minimum Gasteiger partial charge on any atom is -0.494 e. The lowest BCUT2D eigenvalue weighted by molar-refractivity contribution is -0.130. The van der Waals surface area contributed by atoms with E-state index >= 15 is 0 Å². The van der Waals surface area contributed by atoms with Crippen molar-refractivity contribution in [1.82, 2.24) is 10.2 Å². The van der Waals surface area contributed by atoms with Crippen LogP contribution in [0.4, 0.5) is 0 Å². The Hall–Kier alpha value is -1.46. The van der Waals surface area contributed by atoms with E-state index < -0.39 is 4.84 Å². The molecule has 0 radical (unpaired) electrons. The van der Waals surface area contributed by atoms with E-state index in [0.29, 0.717) is 39.0 Å². The standard InChI is InChI=1S/C17H22Cl2N2O3/c1-2-24-14-5-3-12(4-6-14)11-15(22)20-13-7-9-21(10-8-13)17(23)16(18)19/h3-6,13,16H,2,7-11H2,1H3,(H,20,22). The largest absolute Gasteiger partial charge is 0.494 e. The van der Waals surface area contributed by atoms with E-state index in [-0.39, 0.29) is 17.9 Å². The fourth-order valence-electron chi connectivity index (χ4n) is 2.72. The number of rotatable bonds is 6. The predicted molar refractivity (Wildman–Crippen MR) is 94.6 cm³/mol. The lowest BCUT2D eigenvalue weighted by Crippen LogP contribution is -2.48. The van der Waals surface area contributed by atoms with Gasteiger partial charge in [-0.25, -0.2) is 0 Å². The van der Waals surface area contributed by atoms with Gasteiger partial charge in [0, 0.05) is 19.1 Å². The number of amides is 2. The number of piperidine rings is 1. The summed E-state index contributed by atoms with van der Waals surface area (Å²) in [7, 11) is 0. The second kappa shape index (κ2) is 9.14. The summed E-state index contributed by atoms with van der Waals surface area (Å²) >= 11 is 11.2. The van der Waals surface area contributed by atoms with Gasteiger partial charge in [0.25, 0.3) is 5.91 Å². The van der Waals surface area contributed by atoms with Gasteiger partial charge in [0.2, 0.25) is 5.91 Å². The smallest absolute Gasteiger partial charge is 0.255 e. The zero-order chi connectivity index (χ0) is 17.5. The summed E-state index contributed by atoms with van der Waals surface area (Å²) < 4.78 is 5.38. The molecule has 1 fully saturated rings. The summed E-state index contributed by atoms with van der Waals surface area (Å²) in [5.41, 5.74) is 0.940. The molecule has 2 amide bonds. The van der Waals surface area contributed by atoms with Crippen molar-refractivity contribution >= 4 is 35.0 Å². The molecule has 2 rings (SSSR count). The predicted octanol–water partition coefficient (Wildman–Crippen LogP) is 2.54. The molecule has 24 heavy (non-hydrogen) atoms. The zero-order valence-corrected chi connectivity index (χ0v) is 15.1. The van der Waals surface area contributed by atoms with Gasteiger partial charge in [0.15, 0.2) is 4.84 Å². The number of nitrogens with one attached hydrogen (secondary N) is 1.